The highest BCUT2D eigenvalue weighted by atomic mass is 16.5. The summed E-state index contributed by atoms with van der Waals surface area (Å²) in [5.74, 6) is 1.74. The maximum absolute atomic E-state index is 6.54. The standard InChI is InChI=1S/C16H24N2O/c1-11-7-8-18(10-11)15-6-4-12-3-5-13(19-2)9-14(12)16(15)17/h3,5,9,11,15-16H,4,6-8,10,17H2,1-2H3. The van der Waals surface area contributed by atoms with Crippen LogP contribution in [0.5, 0.6) is 5.75 Å². The van der Waals surface area contributed by atoms with E-state index in [1.165, 1.54) is 37.1 Å². The minimum absolute atomic E-state index is 0.129. The Bertz CT molecular complexity index is 460. The predicted molar refractivity (Wildman–Crippen MR) is 77.4 cm³/mol. The Morgan fingerprint density at radius 3 is 2.84 bits per heavy atom. The van der Waals surface area contributed by atoms with E-state index in [2.05, 4.69) is 24.0 Å². The van der Waals surface area contributed by atoms with E-state index < -0.39 is 0 Å². The number of aryl methyl sites for hydroxylation is 1. The number of hydrogen-bond donors (Lipinski definition) is 1. The van der Waals surface area contributed by atoms with E-state index in [1.54, 1.807) is 7.11 Å². The summed E-state index contributed by atoms with van der Waals surface area (Å²) in [4.78, 5) is 2.59. The summed E-state index contributed by atoms with van der Waals surface area (Å²) in [6.07, 6.45) is 3.64. The van der Waals surface area contributed by atoms with Crippen LogP contribution < -0.4 is 10.5 Å². The highest BCUT2D eigenvalue weighted by Gasteiger charge is 2.34. The van der Waals surface area contributed by atoms with E-state index >= 15 is 0 Å². The smallest absolute Gasteiger partial charge is 0.119 e. The molecule has 0 saturated carbocycles. The summed E-state index contributed by atoms with van der Waals surface area (Å²) < 4.78 is 5.34. The molecule has 1 saturated heterocycles. The normalized spacial score (nSPS) is 31.2. The van der Waals surface area contributed by atoms with Gasteiger partial charge in [-0.1, -0.05) is 13.0 Å². The molecule has 0 amide bonds. The van der Waals surface area contributed by atoms with E-state index in [0.29, 0.717) is 6.04 Å². The lowest BCUT2D eigenvalue weighted by molar-refractivity contribution is 0.186. The Kier molecular flexibility index (Phi) is 3.50. The number of nitrogens with zero attached hydrogens (tertiary/aromatic N) is 1. The first-order valence-electron chi connectivity index (χ1n) is 7.35. The zero-order chi connectivity index (χ0) is 13.4. The van der Waals surface area contributed by atoms with Crippen LogP contribution in [0.2, 0.25) is 0 Å². The van der Waals surface area contributed by atoms with Crippen molar-refractivity contribution in [3.63, 3.8) is 0 Å². The van der Waals surface area contributed by atoms with Crippen molar-refractivity contribution in [2.75, 3.05) is 20.2 Å². The number of nitrogens with two attached hydrogens (primary N) is 1. The van der Waals surface area contributed by atoms with Crippen LogP contribution in [0, 0.1) is 5.92 Å². The van der Waals surface area contributed by atoms with E-state index in [9.17, 15) is 0 Å². The van der Waals surface area contributed by atoms with Crippen LogP contribution in [0.3, 0.4) is 0 Å². The van der Waals surface area contributed by atoms with E-state index in [1.807, 2.05) is 6.07 Å². The molecular weight excluding hydrogens is 236 g/mol. The molecule has 3 unspecified atom stereocenters. The molecule has 3 nitrogen and oxygen atoms in total. The zero-order valence-electron chi connectivity index (χ0n) is 11.9. The minimum atomic E-state index is 0.129. The first-order chi connectivity index (χ1) is 9.19. The van der Waals surface area contributed by atoms with Crippen LogP contribution in [0.15, 0.2) is 18.2 Å². The van der Waals surface area contributed by atoms with Crippen LogP contribution in [-0.4, -0.2) is 31.1 Å². The number of likely N-dealkylation sites (tertiary alicyclic amines) is 1. The fourth-order valence-corrected chi connectivity index (χ4v) is 3.61. The summed E-state index contributed by atoms with van der Waals surface area (Å²) in [7, 11) is 1.72. The molecule has 1 aliphatic carbocycles. The topological polar surface area (TPSA) is 38.5 Å². The average molecular weight is 260 g/mol. The van der Waals surface area contributed by atoms with Crippen molar-refractivity contribution in [1.82, 2.24) is 4.90 Å². The number of methoxy groups -OCH3 is 1. The second kappa shape index (κ2) is 5.14. The van der Waals surface area contributed by atoms with E-state index in [0.717, 1.165) is 18.1 Å². The van der Waals surface area contributed by atoms with Gasteiger partial charge in [-0.3, -0.25) is 4.90 Å². The molecule has 3 heteroatoms. The maximum atomic E-state index is 6.54. The molecule has 19 heavy (non-hydrogen) atoms. The summed E-state index contributed by atoms with van der Waals surface area (Å²) in [5, 5.41) is 0. The summed E-state index contributed by atoms with van der Waals surface area (Å²) >= 11 is 0. The van der Waals surface area contributed by atoms with Crippen molar-refractivity contribution in [2.45, 2.75) is 38.3 Å². The van der Waals surface area contributed by atoms with Gasteiger partial charge in [-0.2, -0.15) is 0 Å². The fourth-order valence-electron chi connectivity index (χ4n) is 3.61. The molecular formula is C16H24N2O. The summed E-state index contributed by atoms with van der Waals surface area (Å²) in [5.41, 5.74) is 9.23. The van der Waals surface area contributed by atoms with Gasteiger partial charge in [0.2, 0.25) is 0 Å². The van der Waals surface area contributed by atoms with Gasteiger partial charge in [0.1, 0.15) is 5.75 Å². The number of benzene rings is 1. The van der Waals surface area contributed by atoms with Crippen molar-refractivity contribution in [3.05, 3.63) is 29.3 Å². The third-order valence-corrected chi connectivity index (χ3v) is 4.76. The van der Waals surface area contributed by atoms with Crippen molar-refractivity contribution in [2.24, 2.45) is 11.7 Å². The Morgan fingerprint density at radius 1 is 1.32 bits per heavy atom. The van der Waals surface area contributed by atoms with Crippen LogP contribution in [0.1, 0.15) is 36.9 Å². The number of rotatable bonds is 2. The lowest BCUT2D eigenvalue weighted by atomic mass is 9.83. The third kappa shape index (κ3) is 2.37. The molecule has 0 radical (unpaired) electrons. The van der Waals surface area contributed by atoms with Crippen molar-refractivity contribution in [1.29, 1.82) is 0 Å². The van der Waals surface area contributed by atoms with Gasteiger partial charge in [0.05, 0.1) is 7.11 Å². The second-order valence-electron chi connectivity index (χ2n) is 6.09. The van der Waals surface area contributed by atoms with Gasteiger partial charge in [0.15, 0.2) is 0 Å². The number of ether oxygens (including phenoxy) is 1. The molecule has 2 aliphatic rings. The molecule has 1 heterocycles. The molecule has 1 fully saturated rings. The van der Waals surface area contributed by atoms with Crippen molar-refractivity contribution < 1.29 is 4.74 Å². The number of hydrogen-bond acceptors (Lipinski definition) is 3. The molecule has 3 rings (SSSR count). The largest absolute Gasteiger partial charge is 0.497 e. The van der Waals surface area contributed by atoms with Crippen molar-refractivity contribution >= 4 is 0 Å². The predicted octanol–water partition coefficient (Wildman–Crippen LogP) is 2.35. The quantitative estimate of drug-likeness (QED) is 0.887. The Labute approximate surface area is 115 Å². The maximum Gasteiger partial charge on any atom is 0.119 e. The van der Waals surface area contributed by atoms with Crippen molar-refractivity contribution in [3.8, 4) is 5.75 Å². The Morgan fingerprint density at radius 2 is 2.16 bits per heavy atom. The van der Waals surface area contributed by atoms with E-state index in [-0.39, 0.29) is 6.04 Å². The van der Waals surface area contributed by atoms with Gasteiger partial charge < -0.3 is 10.5 Å². The van der Waals surface area contributed by atoms with Crippen LogP contribution in [-0.2, 0) is 6.42 Å². The van der Waals surface area contributed by atoms with Gasteiger partial charge in [-0.05, 0) is 55.0 Å². The SMILES string of the molecule is COc1ccc2c(c1)C(N)C(N1CCC(C)C1)CC2. The molecule has 1 aromatic carbocycles. The summed E-state index contributed by atoms with van der Waals surface area (Å²) in [6.45, 7) is 4.75. The molecule has 0 bridgehead atoms. The molecule has 0 spiro atoms. The number of fused-ring (bicyclic) bond motifs is 1. The monoisotopic (exact) mass is 260 g/mol. The van der Waals surface area contributed by atoms with Gasteiger partial charge in [-0.25, -0.2) is 0 Å². The zero-order valence-corrected chi connectivity index (χ0v) is 11.9. The molecule has 1 aromatic rings. The van der Waals surface area contributed by atoms with Crippen LogP contribution in [0.25, 0.3) is 0 Å². The van der Waals surface area contributed by atoms with Gasteiger partial charge in [0, 0.05) is 18.6 Å². The molecule has 104 valence electrons. The molecule has 0 aromatic heterocycles. The minimum Gasteiger partial charge on any atom is -0.497 e. The molecule has 2 N–H and O–H groups in total. The first-order valence-corrected chi connectivity index (χ1v) is 7.35. The first kappa shape index (κ1) is 12.9. The lowest BCUT2D eigenvalue weighted by Gasteiger charge is -2.37. The van der Waals surface area contributed by atoms with Gasteiger partial charge >= 0.3 is 0 Å². The third-order valence-electron chi connectivity index (χ3n) is 4.76. The fraction of sp³-hybridized carbons (Fsp3) is 0.625. The van der Waals surface area contributed by atoms with E-state index in [4.69, 9.17) is 10.5 Å². The second-order valence-corrected chi connectivity index (χ2v) is 6.09. The average Bonchev–Trinajstić information content (AvgIpc) is 2.85. The van der Waals surface area contributed by atoms with Crippen LogP contribution in [0.4, 0.5) is 0 Å². The highest BCUT2D eigenvalue weighted by Crippen LogP contribution is 2.35. The summed E-state index contributed by atoms with van der Waals surface area (Å²) in [6, 6.07) is 6.99. The Balaban J connectivity index is 1.84. The van der Waals surface area contributed by atoms with Gasteiger partial charge in [-0.15, -0.1) is 0 Å². The van der Waals surface area contributed by atoms with Crippen LogP contribution >= 0.6 is 0 Å². The van der Waals surface area contributed by atoms with Gasteiger partial charge in [0.25, 0.3) is 0 Å². The molecule has 3 atom stereocenters. The molecule has 1 aliphatic heterocycles. The Hall–Kier alpha value is -1.06. The highest BCUT2D eigenvalue weighted by molar-refractivity contribution is 5.40. The lowest BCUT2D eigenvalue weighted by Crippen LogP contribution is -2.44.